The SMILES string of the molecule is Cc1cc(-c2c(O)c(O)c(O)c(O)c2O)cc(Br)c1Cl. The summed E-state index contributed by atoms with van der Waals surface area (Å²) in [6, 6.07) is 3.05. The van der Waals surface area contributed by atoms with Crippen LogP contribution in [-0.4, -0.2) is 25.5 Å². The van der Waals surface area contributed by atoms with Crippen molar-refractivity contribution in [2.24, 2.45) is 0 Å². The number of aromatic hydroxyl groups is 5. The van der Waals surface area contributed by atoms with Gasteiger partial charge < -0.3 is 25.5 Å². The lowest BCUT2D eigenvalue weighted by Gasteiger charge is -2.14. The van der Waals surface area contributed by atoms with E-state index in [1.165, 1.54) is 6.07 Å². The average Bonchev–Trinajstić information content (AvgIpc) is 2.40. The number of benzene rings is 2. The number of aryl methyl sites for hydroxylation is 1. The van der Waals surface area contributed by atoms with Gasteiger partial charge in [-0.15, -0.1) is 0 Å². The molecule has 0 aliphatic carbocycles. The zero-order valence-corrected chi connectivity index (χ0v) is 12.5. The summed E-state index contributed by atoms with van der Waals surface area (Å²) in [4.78, 5) is 0. The molecule has 0 bridgehead atoms. The van der Waals surface area contributed by atoms with E-state index in [1.807, 2.05) is 0 Å². The maximum absolute atomic E-state index is 9.86. The molecule has 0 fully saturated rings. The lowest BCUT2D eigenvalue weighted by atomic mass is 10.00. The molecule has 20 heavy (non-hydrogen) atoms. The Hall–Kier alpha value is -1.79. The topological polar surface area (TPSA) is 101 Å². The third kappa shape index (κ3) is 2.10. The number of phenolic OH excluding ortho intramolecular Hbond substituents is 5. The first-order valence-electron chi connectivity index (χ1n) is 5.40. The second-order valence-corrected chi connectivity index (χ2v) is 5.44. The normalized spacial score (nSPS) is 10.8. The predicted molar refractivity (Wildman–Crippen MR) is 77.6 cm³/mol. The lowest BCUT2D eigenvalue weighted by Crippen LogP contribution is -1.87. The molecule has 5 N–H and O–H groups in total. The van der Waals surface area contributed by atoms with Crippen LogP contribution < -0.4 is 0 Å². The van der Waals surface area contributed by atoms with Crippen LogP contribution in [0.2, 0.25) is 5.02 Å². The fraction of sp³-hybridized carbons (Fsp3) is 0.0769. The van der Waals surface area contributed by atoms with Gasteiger partial charge in [-0.1, -0.05) is 11.6 Å². The summed E-state index contributed by atoms with van der Waals surface area (Å²) < 4.78 is 0.514. The van der Waals surface area contributed by atoms with Crippen LogP contribution in [0.1, 0.15) is 5.56 Å². The molecule has 7 heteroatoms. The molecule has 5 nitrogen and oxygen atoms in total. The van der Waals surface area contributed by atoms with E-state index in [0.717, 1.165) is 0 Å². The predicted octanol–water partition coefficient (Wildman–Crippen LogP) is 3.61. The maximum atomic E-state index is 9.86. The summed E-state index contributed by atoms with van der Waals surface area (Å²) in [6.45, 7) is 1.71. The highest BCUT2D eigenvalue weighted by atomic mass is 79.9. The standard InChI is InChI=1S/C13H10BrClO5/c1-4-2-5(3-6(14)8(4)15)7-9(16)11(18)13(20)12(19)10(7)17/h2-3,16-20H,1H3. The van der Waals surface area contributed by atoms with Gasteiger partial charge in [0, 0.05) is 4.47 Å². The summed E-state index contributed by atoms with van der Waals surface area (Å²) in [5.41, 5.74) is 0.750. The number of phenols is 5. The van der Waals surface area contributed by atoms with Crippen LogP contribution in [0.3, 0.4) is 0 Å². The molecule has 0 heterocycles. The number of rotatable bonds is 1. The van der Waals surface area contributed by atoms with E-state index in [0.29, 0.717) is 20.6 Å². The van der Waals surface area contributed by atoms with Crippen LogP contribution in [0.15, 0.2) is 16.6 Å². The summed E-state index contributed by atoms with van der Waals surface area (Å²) in [6.07, 6.45) is 0. The van der Waals surface area contributed by atoms with E-state index in [9.17, 15) is 25.5 Å². The summed E-state index contributed by atoms with van der Waals surface area (Å²) >= 11 is 9.22. The lowest BCUT2D eigenvalue weighted by molar-refractivity contribution is 0.330. The van der Waals surface area contributed by atoms with Crippen LogP contribution in [0.4, 0.5) is 0 Å². The van der Waals surface area contributed by atoms with Gasteiger partial charge in [0.15, 0.2) is 11.5 Å². The molecule has 2 rings (SSSR count). The minimum atomic E-state index is -0.992. The third-order valence-corrected chi connectivity index (χ3v) is 4.23. The molecule has 2 aromatic carbocycles. The highest BCUT2D eigenvalue weighted by molar-refractivity contribution is 9.10. The molecular weight excluding hydrogens is 351 g/mol. The first kappa shape index (κ1) is 14.6. The van der Waals surface area contributed by atoms with E-state index >= 15 is 0 Å². The fourth-order valence-corrected chi connectivity index (χ4v) is 2.50. The smallest absolute Gasteiger partial charge is 0.208 e. The molecule has 0 atom stereocenters. The number of hydrogen-bond acceptors (Lipinski definition) is 5. The Balaban J connectivity index is 2.83. The molecule has 0 aliphatic heterocycles. The highest BCUT2D eigenvalue weighted by Crippen LogP contribution is 2.55. The zero-order chi connectivity index (χ0) is 15.2. The van der Waals surface area contributed by atoms with Gasteiger partial charge in [0.2, 0.25) is 17.2 Å². The Morgan fingerprint density at radius 1 is 0.850 bits per heavy atom. The molecule has 0 spiro atoms. The van der Waals surface area contributed by atoms with Crippen LogP contribution in [0.25, 0.3) is 11.1 Å². The van der Waals surface area contributed by atoms with Gasteiger partial charge in [0.25, 0.3) is 0 Å². The number of hydrogen-bond donors (Lipinski definition) is 5. The quantitative estimate of drug-likeness (QED) is 0.394. The van der Waals surface area contributed by atoms with Crippen molar-refractivity contribution in [2.45, 2.75) is 6.92 Å². The van der Waals surface area contributed by atoms with Crippen molar-refractivity contribution < 1.29 is 25.5 Å². The molecule has 0 unspecified atom stereocenters. The van der Waals surface area contributed by atoms with Crippen molar-refractivity contribution in [2.75, 3.05) is 0 Å². The van der Waals surface area contributed by atoms with Gasteiger partial charge in [-0.3, -0.25) is 0 Å². The van der Waals surface area contributed by atoms with Gasteiger partial charge in [0.1, 0.15) is 0 Å². The highest BCUT2D eigenvalue weighted by Gasteiger charge is 2.24. The Labute approximate surface area is 127 Å². The van der Waals surface area contributed by atoms with Crippen molar-refractivity contribution >= 4 is 27.5 Å². The maximum Gasteiger partial charge on any atom is 0.208 e. The van der Waals surface area contributed by atoms with E-state index in [-0.39, 0.29) is 5.56 Å². The fourth-order valence-electron chi connectivity index (χ4n) is 1.83. The van der Waals surface area contributed by atoms with E-state index < -0.39 is 28.7 Å². The number of halogens is 2. The molecule has 0 aromatic heterocycles. The largest absolute Gasteiger partial charge is 0.504 e. The zero-order valence-electron chi connectivity index (χ0n) is 10.1. The molecular formula is C13H10BrClO5. The van der Waals surface area contributed by atoms with Gasteiger partial charge in [0.05, 0.1) is 10.6 Å². The third-order valence-electron chi connectivity index (χ3n) is 2.87. The Bertz CT molecular complexity index is 662. The molecule has 0 amide bonds. The molecule has 106 valence electrons. The summed E-state index contributed by atoms with van der Waals surface area (Å²) in [5.74, 6) is -4.32. The van der Waals surface area contributed by atoms with Crippen molar-refractivity contribution in [1.82, 2.24) is 0 Å². The molecule has 0 saturated heterocycles. The van der Waals surface area contributed by atoms with E-state index in [1.54, 1.807) is 13.0 Å². The molecule has 0 aliphatic rings. The van der Waals surface area contributed by atoms with Gasteiger partial charge >= 0.3 is 0 Å². The molecule has 0 saturated carbocycles. The summed E-state index contributed by atoms with van der Waals surface area (Å²) in [7, 11) is 0. The van der Waals surface area contributed by atoms with Crippen LogP contribution in [-0.2, 0) is 0 Å². The van der Waals surface area contributed by atoms with Crippen LogP contribution in [0, 0.1) is 6.92 Å². The Morgan fingerprint density at radius 2 is 1.30 bits per heavy atom. The molecule has 0 radical (unpaired) electrons. The van der Waals surface area contributed by atoms with Gasteiger partial charge in [-0.05, 0) is 46.1 Å². The second-order valence-electron chi connectivity index (χ2n) is 4.21. The first-order valence-corrected chi connectivity index (χ1v) is 6.57. The minimum Gasteiger partial charge on any atom is -0.504 e. The van der Waals surface area contributed by atoms with Crippen molar-refractivity contribution in [3.8, 4) is 39.9 Å². The Kier molecular flexibility index (Phi) is 3.62. The average molecular weight is 362 g/mol. The van der Waals surface area contributed by atoms with Crippen molar-refractivity contribution in [1.29, 1.82) is 0 Å². The molecule has 2 aromatic rings. The first-order chi connectivity index (χ1) is 9.25. The van der Waals surface area contributed by atoms with Crippen LogP contribution >= 0.6 is 27.5 Å². The van der Waals surface area contributed by atoms with E-state index in [2.05, 4.69) is 15.9 Å². The van der Waals surface area contributed by atoms with Crippen molar-refractivity contribution in [3.05, 3.63) is 27.2 Å². The summed E-state index contributed by atoms with van der Waals surface area (Å²) in [5, 5.41) is 48.6. The van der Waals surface area contributed by atoms with Crippen molar-refractivity contribution in [3.63, 3.8) is 0 Å². The second kappa shape index (κ2) is 4.96. The van der Waals surface area contributed by atoms with Gasteiger partial charge in [-0.2, -0.15) is 0 Å². The van der Waals surface area contributed by atoms with E-state index in [4.69, 9.17) is 11.6 Å². The monoisotopic (exact) mass is 360 g/mol. The minimum absolute atomic E-state index is 0.210. The van der Waals surface area contributed by atoms with Gasteiger partial charge in [-0.25, -0.2) is 0 Å². The van der Waals surface area contributed by atoms with Crippen LogP contribution in [0.5, 0.6) is 28.7 Å². The Morgan fingerprint density at radius 3 is 1.75 bits per heavy atom.